The number of halogens is 1. The largest absolute Gasteiger partial charge is 0.388 e. The van der Waals surface area contributed by atoms with Crippen LogP contribution in [0.2, 0.25) is 5.02 Å². The smallest absolute Gasteiger partial charge is 0.240 e. The van der Waals surface area contributed by atoms with Crippen molar-refractivity contribution in [3.8, 4) is 0 Å². The van der Waals surface area contributed by atoms with Crippen molar-refractivity contribution in [1.29, 1.82) is 0 Å². The van der Waals surface area contributed by atoms with Crippen LogP contribution in [-0.4, -0.2) is 13.5 Å². The molecule has 118 valence electrons. The Morgan fingerprint density at radius 1 is 1.09 bits per heavy atom. The van der Waals surface area contributed by atoms with Crippen molar-refractivity contribution in [1.82, 2.24) is 4.72 Å². The van der Waals surface area contributed by atoms with E-state index in [0.717, 1.165) is 11.1 Å². The molecule has 0 aromatic heterocycles. The summed E-state index contributed by atoms with van der Waals surface area (Å²) < 4.78 is 26.8. The van der Waals surface area contributed by atoms with Crippen LogP contribution in [0.3, 0.4) is 0 Å². The molecule has 22 heavy (non-hydrogen) atoms. The highest BCUT2D eigenvalue weighted by atomic mass is 35.5. The van der Waals surface area contributed by atoms with E-state index in [-0.39, 0.29) is 11.4 Å². The van der Waals surface area contributed by atoms with Gasteiger partial charge in [0.2, 0.25) is 10.0 Å². The van der Waals surface area contributed by atoms with Gasteiger partial charge < -0.3 is 5.11 Å². The second kappa shape index (κ2) is 7.24. The van der Waals surface area contributed by atoms with Gasteiger partial charge in [-0.05, 0) is 41.8 Å². The summed E-state index contributed by atoms with van der Waals surface area (Å²) in [4.78, 5) is 0.176. The summed E-state index contributed by atoms with van der Waals surface area (Å²) in [5, 5.41) is 10.2. The average Bonchev–Trinajstić information content (AvgIpc) is 2.53. The summed E-state index contributed by atoms with van der Waals surface area (Å²) in [6, 6.07) is 13.2. The zero-order valence-electron chi connectivity index (χ0n) is 12.2. The number of sulfonamides is 1. The summed E-state index contributed by atoms with van der Waals surface area (Å²) in [6.07, 6.45) is 0.155. The van der Waals surface area contributed by atoms with Crippen LogP contribution in [-0.2, 0) is 16.6 Å². The number of hydrogen-bond acceptors (Lipinski definition) is 3. The highest BCUT2D eigenvalue weighted by Gasteiger charge is 2.13. The molecule has 0 aliphatic carbocycles. The van der Waals surface area contributed by atoms with Crippen LogP contribution in [0.5, 0.6) is 0 Å². The lowest BCUT2D eigenvalue weighted by Gasteiger charge is -2.10. The third-order valence-electron chi connectivity index (χ3n) is 3.34. The maximum Gasteiger partial charge on any atom is 0.240 e. The highest BCUT2D eigenvalue weighted by Crippen LogP contribution is 2.17. The van der Waals surface area contributed by atoms with Crippen molar-refractivity contribution in [3.63, 3.8) is 0 Å². The number of nitrogens with one attached hydrogen (secondary N) is 1. The van der Waals surface area contributed by atoms with E-state index in [9.17, 15) is 13.5 Å². The van der Waals surface area contributed by atoms with E-state index in [1.165, 1.54) is 24.3 Å². The van der Waals surface area contributed by atoms with Crippen molar-refractivity contribution in [2.45, 2.75) is 30.9 Å². The van der Waals surface area contributed by atoms with E-state index in [0.29, 0.717) is 11.4 Å². The van der Waals surface area contributed by atoms with Crippen LogP contribution >= 0.6 is 11.6 Å². The van der Waals surface area contributed by atoms with Crippen LogP contribution < -0.4 is 4.72 Å². The van der Waals surface area contributed by atoms with E-state index < -0.39 is 16.1 Å². The van der Waals surface area contributed by atoms with Crippen LogP contribution in [0.25, 0.3) is 0 Å². The molecule has 2 rings (SSSR count). The Hall–Kier alpha value is -1.40. The SMILES string of the molecule is CCC(O)c1ccc(CNS(=O)(=O)c2ccc(Cl)cc2)cc1. The predicted octanol–water partition coefficient (Wildman–Crippen LogP) is 3.26. The standard InChI is InChI=1S/C16H18ClNO3S/c1-2-16(19)13-5-3-12(4-6-13)11-18-22(20,21)15-9-7-14(17)8-10-15/h3-10,16,18-19H,2,11H2,1H3. The molecule has 1 atom stereocenters. The normalized spacial score (nSPS) is 13.0. The van der Waals surface area contributed by atoms with Gasteiger partial charge in [-0.25, -0.2) is 13.1 Å². The Kier molecular flexibility index (Phi) is 5.58. The van der Waals surface area contributed by atoms with Crippen LogP contribution in [0.15, 0.2) is 53.4 Å². The van der Waals surface area contributed by atoms with Gasteiger partial charge in [-0.15, -0.1) is 0 Å². The fourth-order valence-electron chi connectivity index (χ4n) is 1.97. The van der Waals surface area contributed by atoms with E-state index in [4.69, 9.17) is 11.6 Å². The molecule has 0 radical (unpaired) electrons. The monoisotopic (exact) mass is 339 g/mol. The van der Waals surface area contributed by atoms with Crippen LogP contribution in [0, 0.1) is 0 Å². The van der Waals surface area contributed by atoms with Crippen molar-refractivity contribution in [2.75, 3.05) is 0 Å². The molecule has 0 aliphatic heterocycles. The average molecular weight is 340 g/mol. The Labute approximate surface area is 135 Å². The maximum absolute atomic E-state index is 12.1. The zero-order chi connectivity index (χ0) is 16.2. The molecule has 0 spiro atoms. The summed E-state index contributed by atoms with van der Waals surface area (Å²) in [6.45, 7) is 2.09. The van der Waals surface area contributed by atoms with Gasteiger partial charge >= 0.3 is 0 Å². The molecule has 4 nitrogen and oxygen atoms in total. The molecular formula is C16H18ClNO3S. The minimum Gasteiger partial charge on any atom is -0.388 e. The zero-order valence-corrected chi connectivity index (χ0v) is 13.7. The van der Waals surface area contributed by atoms with Gasteiger partial charge in [0.1, 0.15) is 0 Å². The molecule has 0 saturated heterocycles. The first-order chi connectivity index (χ1) is 10.4. The lowest BCUT2D eigenvalue weighted by atomic mass is 10.1. The predicted molar refractivity (Wildman–Crippen MR) is 87.2 cm³/mol. The molecular weight excluding hydrogens is 322 g/mol. The first kappa shape index (κ1) is 17.0. The molecule has 0 amide bonds. The summed E-state index contributed by atoms with van der Waals surface area (Å²) in [5.74, 6) is 0. The minimum atomic E-state index is -3.56. The minimum absolute atomic E-state index is 0.176. The molecule has 0 heterocycles. The number of aliphatic hydroxyl groups is 1. The second-order valence-corrected chi connectivity index (χ2v) is 7.15. The fourth-order valence-corrected chi connectivity index (χ4v) is 3.11. The molecule has 0 saturated carbocycles. The molecule has 6 heteroatoms. The van der Waals surface area contributed by atoms with Crippen LogP contribution in [0.1, 0.15) is 30.6 Å². The van der Waals surface area contributed by atoms with Crippen molar-refractivity contribution in [3.05, 3.63) is 64.7 Å². The lowest BCUT2D eigenvalue weighted by Crippen LogP contribution is -2.23. The first-order valence-corrected chi connectivity index (χ1v) is 8.80. The topological polar surface area (TPSA) is 66.4 Å². The van der Waals surface area contributed by atoms with Crippen molar-refractivity contribution < 1.29 is 13.5 Å². The Balaban J connectivity index is 2.04. The summed E-state index contributed by atoms with van der Waals surface area (Å²) in [7, 11) is -3.56. The third kappa shape index (κ3) is 4.30. The molecule has 1 unspecified atom stereocenters. The number of rotatable bonds is 6. The van der Waals surface area contributed by atoms with Gasteiger partial charge in [0.15, 0.2) is 0 Å². The first-order valence-electron chi connectivity index (χ1n) is 6.94. The summed E-state index contributed by atoms with van der Waals surface area (Å²) in [5.41, 5.74) is 1.65. The molecule has 0 aliphatic rings. The van der Waals surface area contributed by atoms with E-state index in [1.54, 1.807) is 24.3 Å². The van der Waals surface area contributed by atoms with Crippen LogP contribution in [0.4, 0.5) is 0 Å². The van der Waals surface area contributed by atoms with Gasteiger partial charge in [-0.2, -0.15) is 0 Å². The number of hydrogen-bond donors (Lipinski definition) is 2. The summed E-state index contributed by atoms with van der Waals surface area (Å²) >= 11 is 5.75. The lowest BCUT2D eigenvalue weighted by molar-refractivity contribution is 0.173. The van der Waals surface area contributed by atoms with E-state index in [2.05, 4.69) is 4.72 Å². The Morgan fingerprint density at radius 2 is 1.68 bits per heavy atom. The van der Waals surface area contributed by atoms with Gasteiger partial charge in [0.05, 0.1) is 11.0 Å². The maximum atomic E-state index is 12.1. The molecule has 2 aromatic rings. The van der Waals surface area contributed by atoms with Crippen molar-refractivity contribution in [2.24, 2.45) is 0 Å². The Bertz CT molecular complexity index is 712. The van der Waals surface area contributed by atoms with Gasteiger partial charge in [-0.1, -0.05) is 42.8 Å². The van der Waals surface area contributed by atoms with Crippen molar-refractivity contribution >= 4 is 21.6 Å². The number of benzene rings is 2. The quantitative estimate of drug-likeness (QED) is 0.848. The molecule has 0 fully saturated rings. The van der Waals surface area contributed by atoms with E-state index >= 15 is 0 Å². The second-order valence-electron chi connectivity index (χ2n) is 4.94. The number of aliphatic hydroxyl groups excluding tert-OH is 1. The van der Waals surface area contributed by atoms with Gasteiger partial charge in [-0.3, -0.25) is 0 Å². The van der Waals surface area contributed by atoms with Gasteiger partial charge in [0, 0.05) is 11.6 Å². The highest BCUT2D eigenvalue weighted by molar-refractivity contribution is 7.89. The van der Waals surface area contributed by atoms with Gasteiger partial charge in [0.25, 0.3) is 0 Å². The fraction of sp³-hybridized carbons (Fsp3) is 0.250. The Morgan fingerprint density at radius 3 is 2.23 bits per heavy atom. The van der Waals surface area contributed by atoms with E-state index in [1.807, 2.05) is 6.92 Å². The third-order valence-corrected chi connectivity index (χ3v) is 5.01. The molecule has 2 N–H and O–H groups in total. The molecule has 2 aromatic carbocycles. The molecule has 0 bridgehead atoms.